The zero-order valence-corrected chi connectivity index (χ0v) is 13.5. The number of rotatable bonds is 7. The van der Waals surface area contributed by atoms with Crippen molar-refractivity contribution in [2.75, 3.05) is 19.6 Å². The third kappa shape index (κ3) is 5.87. The fourth-order valence-corrected chi connectivity index (χ4v) is 2.39. The third-order valence-electron chi connectivity index (χ3n) is 3.88. The summed E-state index contributed by atoms with van der Waals surface area (Å²) in [5.41, 5.74) is 6.89. The van der Waals surface area contributed by atoms with Gasteiger partial charge in [-0.05, 0) is 30.2 Å². The molecular formula is C18H27FN2. The van der Waals surface area contributed by atoms with Gasteiger partial charge >= 0.3 is 0 Å². The highest BCUT2D eigenvalue weighted by Crippen LogP contribution is 2.15. The van der Waals surface area contributed by atoms with Crippen LogP contribution < -0.4 is 5.73 Å². The molecule has 0 aliphatic heterocycles. The van der Waals surface area contributed by atoms with Crippen LogP contribution in [0.15, 0.2) is 18.2 Å². The van der Waals surface area contributed by atoms with E-state index in [-0.39, 0.29) is 12.4 Å². The molecule has 2 N–H and O–H groups in total. The van der Waals surface area contributed by atoms with E-state index in [0.717, 1.165) is 31.1 Å². The molecule has 116 valence electrons. The molecule has 0 fully saturated rings. The first-order valence-corrected chi connectivity index (χ1v) is 7.84. The van der Waals surface area contributed by atoms with Crippen LogP contribution in [0.25, 0.3) is 0 Å². The van der Waals surface area contributed by atoms with E-state index in [2.05, 4.69) is 37.5 Å². The van der Waals surface area contributed by atoms with E-state index in [4.69, 9.17) is 5.73 Å². The van der Waals surface area contributed by atoms with Gasteiger partial charge < -0.3 is 5.73 Å². The number of nitrogens with zero attached hydrogens (tertiary/aromatic N) is 1. The minimum atomic E-state index is -0.275. The van der Waals surface area contributed by atoms with Gasteiger partial charge in [0.2, 0.25) is 0 Å². The summed E-state index contributed by atoms with van der Waals surface area (Å²) in [5, 5.41) is 0. The van der Waals surface area contributed by atoms with Crippen LogP contribution in [-0.2, 0) is 6.54 Å². The maximum Gasteiger partial charge on any atom is 0.138 e. The third-order valence-corrected chi connectivity index (χ3v) is 3.88. The molecule has 0 unspecified atom stereocenters. The van der Waals surface area contributed by atoms with Crippen molar-refractivity contribution < 1.29 is 4.39 Å². The van der Waals surface area contributed by atoms with Crippen LogP contribution in [0.5, 0.6) is 0 Å². The molecular weight excluding hydrogens is 263 g/mol. The molecule has 0 aliphatic carbocycles. The summed E-state index contributed by atoms with van der Waals surface area (Å²) in [7, 11) is 0. The number of benzene rings is 1. The minimum absolute atomic E-state index is 0.249. The molecule has 0 aliphatic rings. The molecule has 0 amide bonds. The lowest BCUT2D eigenvalue weighted by Crippen LogP contribution is -2.28. The molecule has 0 atom stereocenters. The molecule has 0 radical (unpaired) electrons. The Morgan fingerprint density at radius 2 is 1.95 bits per heavy atom. The van der Waals surface area contributed by atoms with Crippen LogP contribution in [-0.4, -0.2) is 24.5 Å². The van der Waals surface area contributed by atoms with Gasteiger partial charge in [0.15, 0.2) is 0 Å². The van der Waals surface area contributed by atoms with Gasteiger partial charge in [-0.1, -0.05) is 51.5 Å². The van der Waals surface area contributed by atoms with E-state index < -0.39 is 0 Å². The fourth-order valence-electron chi connectivity index (χ4n) is 2.39. The van der Waals surface area contributed by atoms with Crippen LogP contribution >= 0.6 is 0 Å². The molecule has 3 heteroatoms. The van der Waals surface area contributed by atoms with E-state index in [1.54, 1.807) is 0 Å². The van der Waals surface area contributed by atoms with Crippen molar-refractivity contribution in [1.82, 2.24) is 4.90 Å². The first-order chi connectivity index (χ1) is 10.1. The molecule has 0 spiro atoms. The van der Waals surface area contributed by atoms with E-state index in [1.807, 2.05) is 12.1 Å². The smallest absolute Gasteiger partial charge is 0.138 e. The Morgan fingerprint density at radius 3 is 2.52 bits per heavy atom. The second-order valence-electron chi connectivity index (χ2n) is 5.33. The van der Waals surface area contributed by atoms with Gasteiger partial charge in [-0.15, -0.1) is 0 Å². The molecule has 0 saturated carbocycles. The van der Waals surface area contributed by atoms with Crippen molar-refractivity contribution >= 4 is 0 Å². The first kappa shape index (κ1) is 17.7. The highest BCUT2D eigenvalue weighted by molar-refractivity contribution is 5.38. The Morgan fingerprint density at radius 1 is 1.24 bits per heavy atom. The Hall–Kier alpha value is -1.37. The van der Waals surface area contributed by atoms with Crippen molar-refractivity contribution in [1.29, 1.82) is 0 Å². The highest BCUT2D eigenvalue weighted by atomic mass is 19.1. The predicted octanol–water partition coefficient (Wildman–Crippen LogP) is 3.39. The molecule has 21 heavy (non-hydrogen) atoms. The molecule has 1 aromatic carbocycles. The molecule has 0 aromatic heterocycles. The van der Waals surface area contributed by atoms with Gasteiger partial charge in [-0.25, -0.2) is 4.39 Å². The van der Waals surface area contributed by atoms with Gasteiger partial charge in [0, 0.05) is 13.1 Å². The molecule has 1 rings (SSSR count). The van der Waals surface area contributed by atoms with Gasteiger partial charge in [-0.2, -0.15) is 0 Å². The maximum atomic E-state index is 13.7. The summed E-state index contributed by atoms with van der Waals surface area (Å²) >= 11 is 0. The van der Waals surface area contributed by atoms with Crippen LogP contribution in [0, 0.1) is 23.6 Å². The fraction of sp³-hybridized carbons (Fsp3) is 0.556. The molecule has 0 heterocycles. The number of halogens is 1. The summed E-state index contributed by atoms with van der Waals surface area (Å²) in [6.07, 6.45) is 2.40. The molecule has 2 nitrogen and oxygen atoms in total. The second kappa shape index (κ2) is 9.55. The lowest BCUT2D eigenvalue weighted by Gasteiger charge is -2.25. The largest absolute Gasteiger partial charge is 0.320 e. The average Bonchev–Trinajstić information content (AvgIpc) is 2.51. The van der Waals surface area contributed by atoms with Crippen LogP contribution in [0.2, 0.25) is 0 Å². The Labute approximate surface area is 128 Å². The van der Waals surface area contributed by atoms with Crippen LogP contribution in [0.3, 0.4) is 0 Å². The van der Waals surface area contributed by atoms with Gasteiger partial charge in [0.1, 0.15) is 5.82 Å². The standard InChI is InChI=1S/C18H27FN2/c1-4-15(5-2)13-21(6-3)14-16-9-10-18(19)17(12-16)8-7-11-20/h9-10,12,15H,4-6,11,13-14,20H2,1-3H3. The number of nitrogens with two attached hydrogens (primary N) is 1. The Kier molecular flexibility index (Phi) is 8.04. The molecule has 0 saturated heterocycles. The quantitative estimate of drug-likeness (QED) is 0.780. The SMILES string of the molecule is CCC(CC)CN(CC)Cc1ccc(F)c(C#CCN)c1. The van der Waals surface area contributed by atoms with Crippen molar-refractivity contribution in [2.24, 2.45) is 11.7 Å². The van der Waals surface area contributed by atoms with Crippen LogP contribution in [0.4, 0.5) is 4.39 Å². The summed E-state index contributed by atoms with van der Waals surface area (Å²) in [4.78, 5) is 2.41. The summed E-state index contributed by atoms with van der Waals surface area (Å²) < 4.78 is 13.7. The molecule has 1 aromatic rings. The van der Waals surface area contributed by atoms with Crippen molar-refractivity contribution in [3.05, 3.63) is 35.1 Å². The Balaban J connectivity index is 2.80. The van der Waals surface area contributed by atoms with Crippen molar-refractivity contribution in [2.45, 2.75) is 40.2 Å². The monoisotopic (exact) mass is 290 g/mol. The zero-order chi connectivity index (χ0) is 15.7. The lowest BCUT2D eigenvalue weighted by molar-refractivity contribution is 0.226. The van der Waals surface area contributed by atoms with E-state index in [1.165, 1.54) is 18.9 Å². The lowest BCUT2D eigenvalue weighted by atomic mass is 10.0. The van der Waals surface area contributed by atoms with Crippen LogP contribution in [0.1, 0.15) is 44.7 Å². The zero-order valence-electron chi connectivity index (χ0n) is 13.5. The van der Waals surface area contributed by atoms with Gasteiger partial charge in [0.25, 0.3) is 0 Å². The van der Waals surface area contributed by atoms with Gasteiger partial charge in [0.05, 0.1) is 12.1 Å². The molecule has 0 bridgehead atoms. The van der Waals surface area contributed by atoms with Crippen molar-refractivity contribution in [3.63, 3.8) is 0 Å². The van der Waals surface area contributed by atoms with Crippen molar-refractivity contribution in [3.8, 4) is 11.8 Å². The van der Waals surface area contributed by atoms with E-state index in [0.29, 0.717) is 5.56 Å². The second-order valence-corrected chi connectivity index (χ2v) is 5.33. The average molecular weight is 290 g/mol. The normalized spacial score (nSPS) is 10.8. The van der Waals surface area contributed by atoms with E-state index in [9.17, 15) is 4.39 Å². The summed E-state index contributed by atoms with van der Waals surface area (Å²) in [5.74, 6) is 5.96. The number of hydrogen-bond acceptors (Lipinski definition) is 2. The predicted molar refractivity (Wildman–Crippen MR) is 87.4 cm³/mol. The Bertz CT molecular complexity index is 484. The summed E-state index contributed by atoms with van der Waals surface area (Å²) in [6, 6.07) is 5.19. The highest BCUT2D eigenvalue weighted by Gasteiger charge is 2.11. The maximum absolute atomic E-state index is 13.7. The topological polar surface area (TPSA) is 29.3 Å². The van der Waals surface area contributed by atoms with E-state index >= 15 is 0 Å². The first-order valence-electron chi connectivity index (χ1n) is 7.84. The minimum Gasteiger partial charge on any atom is -0.320 e. The van der Waals surface area contributed by atoms with Gasteiger partial charge in [-0.3, -0.25) is 4.90 Å². The summed E-state index contributed by atoms with van der Waals surface area (Å²) in [6.45, 7) is 9.81. The number of hydrogen-bond donors (Lipinski definition) is 1.